The van der Waals surface area contributed by atoms with Gasteiger partial charge >= 0.3 is 0 Å². The molecule has 0 aromatic carbocycles. The highest BCUT2D eigenvalue weighted by atomic mass is 15.1. The summed E-state index contributed by atoms with van der Waals surface area (Å²) in [5.74, 6) is 0.757. The Morgan fingerprint density at radius 2 is 2.07 bits per heavy atom. The third-order valence-corrected chi connectivity index (χ3v) is 2.69. The largest absolute Gasteiger partial charge is 0.313 e. The lowest BCUT2D eigenvalue weighted by Crippen LogP contribution is -2.32. The molecule has 0 aromatic heterocycles. The Morgan fingerprint density at radius 3 is 2.64 bits per heavy atom. The fourth-order valence-corrected chi connectivity index (χ4v) is 2.00. The van der Waals surface area contributed by atoms with Gasteiger partial charge in [0, 0.05) is 13.1 Å². The van der Waals surface area contributed by atoms with Crippen LogP contribution in [0.5, 0.6) is 0 Å². The van der Waals surface area contributed by atoms with Crippen molar-refractivity contribution < 1.29 is 0 Å². The van der Waals surface area contributed by atoms with Crippen LogP contribution in [0.3, 0.4) is 0 Å². The third-order valence-electron chi connectivity index (χ3n) is 2.69. The lowest BCUT2D eigenvalue weighted by molar-refractivity contribution is 0.284. The molecule has 1 rings (SSSR count). The van der Waals surface area contributed by atoms with Gasteiger partial charge in [-0.3, -0.25) is 0 Å². The SMILES string of the molecule is C=C(C)CNCC(C)CN1CCCC1. The van der Waals surface area contributed by atoms with Gasteiger partial charge in [0.25, 0.3) is 0 Å². The summed E-state index contributed by atoms with van der Waals surface area (Å²) >= 11 is 0. The van der Waals surface area contributed by atoms with Crippen LogP contribution in [0.15, 0.2) is 12.2 Å². The lowest BCUT2D eigenvalue weighted by Gasteiger charge is -2.20. The molecule has 0 amide bonds. The number of nitrogens with one attached hydrogen (secondary N) is 1. The molecule has 14 heavy (non-hydrogen) atoms. The van der Waals surface area contributed by atoms with E-state index < -0.39 is 0 Å². The highest BCUT2D eigenvalue weighted by Gasteiger charge is 2.13. The molecule has 1 aliphatic heterocycles. The second-order valence-electron chi connectivity index (χ2n) is 4.70. The average Bonchev–Trinajstić information content (AvgIpc) is 2.56. The highest BCUT2D eigenvalue weighted by Crippen LogP contribution is 2.09. The molecule has 0 saturated carbocycles. The Bertz CT molecular complexity index is 171. The van der Waals surface area contributed by atoms with Gasteiger partial charge < -0.3 is 10.2 Å². The van der Waals surface area contributed by atoms with E-state index in [0.29, 0.717) is 0 Å². The predicted molar refractivity (Wildman–Crippen MR) is 62.5 cm³/mol. The number of nitrogens with zero attached hydrogens (tertiary/aromatic N) is 1. The molecule has 2 nitrogen and oxygen atoms in total. The molecule has 1 fully saturated rings. The predicted octanol–water partition coefficient (Wildman–Crippen LogP) is 1.88. The zero-order valence-electron chi connectivity index (χ0n) is 9.68. The second kappa shape index (κ2) is 6.20. The third kappa shape index (κ3) is 4.77. The van der Waals surface area contributed by atoms with Crippen molar-refractivity contribution in [1.29, 1.82) is 0 Å². The van der Waals surface area contributed by atoms with E-state index in [1.807, 2.05) is 0 Å². The maximum absolute atomic E-state index is 3.88. The van der Waals surface area contributed by atoms with E-state index in [0.717, 1.165) is 19.0 Å². The van der Waals surface area contributed by atoms with E-state index in [1.165, 1.54) is 38.0 Å². The molecule has 0 radical (unpaired) electrons. The molecule has 0 bridgehead atoms. The Labute approximate surface area is 88.4 Å². The lowest BCUT2D eigenvalue weighted by atomic mass is 10.1. The number of rotatable bonds is 6. The fraction of sp³-hybridized carbons (Fsp3) is 0.833. The summed E-state index contributed by atoms with van der Waals surface area (Å²) in [6, 6.07) is 0. The minimum absolute atomic E-state index is 0.757. The van der Waals surface area contributed by atoms with Gasteiger partial charge in [0.15, 0.2) is 0 Å². The molecule has 0 spiro atoms. The van der Waals surface area contributed by atoms with Crippen molar-refractivity contribution in [3.8, 4) is 0 Å². The molecule has 1 saturated heterocycles. The first-order valence-corrected chi connectivity index (χ1v) is 5.76. The molecule has 1 unspecified atom stereocenters. The van der Waals surface area contributed by atoms with Gasteiger partial charge in [-0.1, -0.05) is 19.1 Å². The number of hydrogen-bond acceptors (Lipinski definition) is 2. The normalized spacial score (nSPS) is 19.9. The quantitative estimate of drug-likeness (QED) is 0.653. The molecule has 82 valence electrons. The van der Waals surface area contributed by atoms with E-state index in [-0.39, 0.29) is 0 Å². The Balaban J connectivity index is 2.03. The van der Waals surface area contributed by atoms with E-state index in [9.17, 15) is 0 Å². The first-order valence-electron chi connectivity index (χ1n) is 5.76. The van der Waals surface area contributed by atoms with Gasteiger partial charge in [-0.15, -0.1) is 0 Å². The summed E-state index contributed by atoms with van der Waals surface area (Å²) in [5, 5.41) is 3.43. The van der Waals surface area contributed by atoms with Gasteiger partial charge in [-0.2, -0.15) is 0 Å². The summed E-state index contributed by atoms with van der Waals surface area (Å²) in [5.41, 5.74) is 1.22. The van der Waals surface area contributed by atoms with Crippen LogP contribution in [-0.4, -0.2) is 37.6 Å². The van der Waals surface area contributed by atoms with Gasteiger partial charge in [0.05, 0.1) is 0 Å². The molecule has 1 N–H and O–H groups in total. The number of likely N-dealkylation sites (tertiary alicyclic amines) is 1. The first kappa shape index (κ1) is 11.7. The van der Waals surface area contributed by atoms with E-state index >= 15 is 0 Å². The Hall–Kier alpha value is -0.340. The van der Waals surface area contributed by atoms with Gasteiger partial charge in [0.1, 0.15) is 0 Å². The van der Waals surface area contributed by atoms with Crippen molar-refractivity contribution in [2.24, 2.45) is 5.92 Å². The Kier molecular flexibility index (Phi) is 5.20. The van der Waals surface area contributed by atoms with Crippen molar-refractivity contribution in [3.05, 3.63) is 12.2 Å². The van der Waals surface area contributed by atoms with Gasteiger partial charge in [0.2, 0.25) is 0 Å². The average molecular weight is 196 g/mol. The van der Waals surface area contributed by atoms with Crippen molar-refractivity contribution in [1.82, 2.24) is 10.2 Å². The maximum atomic E-state index is 3.88. The van der Waals surface area contributed by atoms with E-state index in [2.05, 4.69) is 30.6 Å². The summed E-state index contributed by atoms with van der Waals surface area (Å²) < 4.78 is 0. The zero-order chi connectivity index (χ0) is 10.4. The van der Waals surface area contributed by atoms with E-state index in [4.69, 9.17) is 0 Å². The fourth-order valence-electron chi connectivity index (χ4n) is 2.00. The first-order chi connectivity index (χ1) is 6.68. The van der Waals surface area contributed by atoms with Crippen molar-refractivity contribution >= 4 is 0 Å². The molecular formula is C12H24N2. The van der Waals surface area contributed by atoms with Gasteiger partial charge in [-0.25, -0.2) is 0 Å². The van der Waals surface area contributed by atoms with Crippen molar-refractivity contribution in [2.45, 2.75) is 26.7 Å². The van der Waals surface area contributed by atoms with Crippen LogP contribution in [0.25, 0.3) is 0 Å². The standard InChI is InChI=1S/C12H24N2/c1-11(2)8-13-9-12(3)10-14-6-4-5-7-14/h12-13H,1,4-10H2,2-3H3. The van der Waals surface area contributed by atoms with Crippen LogP contribution in [0.1, 0.15) is 26.7 Å². The monoisotopic (exact) mass is 196 g/mol. The number of hydrogen-bond donors (Lipinski definition) is 1. The summed E-state index contributed by atoms with van der Waals surface area (Å²) in [6.45, 7) is 14.2. The zero-order valence-corrected chi connectivity index (χ0v) is 9.68. The summed E-state index contributed by atoms with van der Waals surface area (Å²) in [6.07, 6.45) is 2.79. The molecule has 2 heteroatoms. The molecule has 1 heterocycles. The van der Waals surface area contributed by atoms with Crippen LogP contribution in [-0.2, 0) is 0 Å². The van der Waals surface area contributed by atoms with Crippen LogP contribution < -0.4 is 5.32 Å². The smallest absolute Gasteiger partial charge is 0.0159 e. The van der Waals surface area contributed by atoms with Crippen LogP contribution >= 0.6 is 0 Å². The minimum atomic E-state index is 0.757. The van der Waals surface area contributed by atoms with Crippen LogP contribution in [0, 0.1) is 5.92 Å². The van der Waals surface area contributed by atoms with Crippen molar-refractivity contribution in [2.75, 3.05) is 32.7 Å². The van der Waals surface area contributed by atoms with Crippen LogP contribution in [0.2, 0.25) is 0 Å². The second-order valence-corrected chi connectivity index (χ2v) is 4.70. The summed E-state index contributed by atoms with van der Waals surface area (Å²) in [7, 11) is 0. The highest BCUT2D eigenvalue weighted by molar-refractivity contribution is 4.90. The molecule has 1 atom stereocenters. The topological polar surface area (TPSA) is 15.3 Å². The molecule has 1 aliphatic rings. The Morgan fingerprint density at radius 1 is 1.43 bits per heavy atom. The maximum Gasteiger partial charge on any atom is 0.0159 e. The van der Waals surface area contributed by atoms with E-state index in [1.54, 1.807) is 0 Å². The van der Waals surface area contributed by atoms with Gasteiger partial charge in [-0.05, 0) is 45.3 Å². The van der Waals surface area contributed by atoms with Crippen molar-refractivity contribution in [3.63, 3.8) is 0 Å². The molecular weight excluding hydrogens is 172 g/mol. The minimum Gasteiger partial charge on any atom is -0.313 e. The van der Waals surface area contributed by atoms with Crippen LogP contribution in [0.4, 0.5) is 0 Å². The molecule has 0 aliphatic carbocycles. The molecule has 0 aromatic rings. The summed E-state index contributed by atoms with van der Waals surface area (Å²) in [4.78, 5) is 2.58.